The highest BCUT2D eigenvalue weighted by Crippen LogP contribution is 2.25. The van der Waals surface area contributed by atoms with Crippen molar-refractivity contribution in [2.24, 2.45) is 5.92 Å². The number of nitrogens with zero attached hydrogens (tertiary/aromatic N) is 1. The van der Waals surface area contributed by atoms with Gasteiger partial charge in [-0.2, -0.15) is 0 Å². The highest BCUT2D eigenvalue weighted by Gasteiger charge is 2.21. The van der Waals surface area contributed by atoms with E-state index in [-0.39, 0.29) is 23.3 Å². The van der Waals surface area contributed by atoms with E-state index < -0.39 is 4.92 Å². The van der Waals surface area contributed by atoms with Gasteiger partial charge in [-0.25, -0.2) is 0 Å². The fourth-order valence-corrected chi connectivity index (χ4v) is 2.54. The summed E-state index contributed by atoms with van der Waals surface area (Å²) in [5.74, 6) is 0.504. The molecule has 1 aromatic rings. The number of nitrogen functional groups attached to an aromatic ring is 1. The summed E-state index contributed by atoms with van der Waals surface area (Å²) in [6, 6.07) is 4.26. The number of rotatable bonds is 3. The molecule has 3 N–H and O–H groups in total. The number of nitrogens with one attached hydrogen (secondary N) is 1. The van der Waals surface area contributed by atoms with E-state index in [0.717, 1.165) is 31.6 Å². The summed E-state index contributed by atoms with van der Waals surface area (Å²) in [7, 11) is 0. The predicted octanol–water partition coefficient (Wildman–Crippen LogP) is 2.49. The lowest BCUT2D eigenvalue weighted by atomic mass is 9.87. The Hall–Kier alpha value is -2.11. The Bertz CT molecular complexity index is 522. The lowest BCUT2D eigenvalue weighted by Gasteiger charge is -2.26. The van der Waals surface area contributed by atoms with Gasteiger partial charge in [0.25, 0.3) is 11.6 Å². The molecule has 0 heterocycles. The first-order valence-electron chi connectivity index (χ1n) is 6.82. The second-order valence-corrected chi connectivity index (χ2v) is 5.46. The van der Waals surface area contributed by atoms with Crippen molar-refractivity contribution in [3.63, 3.8) is 0 Å². The van der Waals surface area contributed by atoms with Crippen LogP contribution in [-0.2, 0) is 0 Å². The number of anilines is 1. The fourth-order valence-electron chi connectivity index (χ4n) is 2.54. The van der Waals surface area contributed by atoms with E-state index in [1.165, 1.54) is 18.2 Å². The lowest BCUT2D eigenvalue weighted by molar-refractivity contribution is -0.383. The zero-order valence-corrected chi connectivity index (χ0v) is 11.5. The van der Waals surface area contributed by atoms with Gasteiger partial charge in [0.1, 0.15) is 5.69 Å². The second kappa shape index (κ2) is 5.90. The summed E-state index contributed by atoms with van der Waals surface area (Å²) in [5.41, 5.74) is 5.80. The van der Waals surface area contributed by atoms with Crippen LogP contribution in [-0.4, -0.2) is 16.9 Å². The Morgan fingerprint density at radius 2 is 2.00 bits per heavy atom. The molecule has 0 spiro atoms. The minimum absolute atomic E-state index is 0.0138. The Morgan fingerprint density at radius 3 is 2.55 bits per heavy atom. The van der Waals surface area contributed by atoms with E-state index in [0.29, 0.717) is 5.56 Å². The van der Waals surface area contributed by atoms with Gasteiger partial charge in [0.05, 0.1) is 4.92 Å². The molecule has 6 heteroatoms. The van der Waals surface area contributed by atoms with Gasteiger partial charge in [0.15, 0.2) is 0 Å². The molecule has 0 radical (unpaired) electrons. The maximum Gasteiger partial charge on any atom is 0.292 e. The summed E-state index contributed by atoms with van der Waals surface area (Å²) < 4.78 is 0. The quantitative estimate of drug-likeness (QED) is 0.503. The summed E-state index contributed by atoms with van der Waals surface area (Å²) in [4.78, 5) is 22.2. The van der Waals surface area contributed by atoms with Crippen LogP contribution in [0.2, 0.25) is 0 Å². The molecule has 6 nitrogen and oxygen atoms in total. The molecule has 108 valence electrons. The third-order valence-corrected chi connectivity index (χ3v) is 3.84. The van der Waals surface area contributed by atoms with Crippen molar-refractivity contribution in [2.75, 3.05) is 5.73 Å². The first-order chi connectivity index (χ1) is 9.47. The number of amides is 1. The molecule has 2 rings (SSSR count). The normalized spacial score (nSPS) is 22.2. The molecule has 0 saturated heterocycles. The number of carbonyl (C=O) groups excluding carboxylic acids is 1. The predicted molar refractivity (Wildman–Crippen MR) is 76.4 cm³/mol. The highest BCUT2D eigenvalue weighted by molar-refractivity contribution is 5.95. The number of carbonyl (C=O) groups is 1. The molecule has 1 aliphatic rings. The van der Waals surface area contributed by atoms with Gasteiger partial charge in [0, 0.05) is 17.7 Å². The molecule has 0 aromatic heterocycles. The van der Waals surface area contributed by atoms with E-state index >= 15 is 0 Å². The van der Waals surface area contributed by atoms with Crippen LogP contribution >= 0.6 is 0 Å². The van der Waals surface area contributed by atoms with Gasteiger partial charge in [-0.1, -0.05) is 6.92 Å². The van der Waals surface area contributed by atoms with Crippen LogP contribution in [0, 0.1) is 16.0 Å². The van der Waals surface area contributed by atoms with Crippen LogP contribution in [0.1, 0.15) is 43.0 Å². The molecule has 1 aliphatic carbocycles. The molecular weight excluding hydrogens is 258 g/mol. The monoisotopic (exact) mass is 277 g/mol. The van der Waals surface area contributed by atoms with Gasteiger partial charge in [-0.15, -0.1) is 0 Å². The Morgan fingerprint density at radius 1 is 1.35 bits per heavy atom. The average Bonchev–Trinajstić information content (AvgIpc) is 2.40. The minimum Gasteiger partial charge on any atom is -0.393 e. The number of nitro benzene ring substituents is 1. The maximum atomic E-state index is 12.1. The summed E-state index contributed by atoms with van der Waals surface area (Å²) in [6.07, 6.45) is 4.20. The average molecular weight is 277 g/mol. The van der Waals surface area contributed by atoms with Crippen LogP contribution in [0.4, 0.5) is 11.4 Å². The third kappa shape index (κ3) is 3.26. The third-order valence-electron chi connectivity index (χ3n) is 3.84. The van der Waals surface area contributed by atoms with E-state index in [9.17, 15) is 14.9 Å². The number of nitrogens with two attached hydrogens (primary N) is 1. The molecule has 0 bridgehead atoms. The molecule has 0 aliphatic heterocycles. The van der Waals surface area contributed by atoms with E-state index in [4.69, 9.17) is 5.73 Å². The number of hydrogen-bond donors (Lipinski definition) is 2. The molecule has 0 atom stereocenters. The number of nitro groups is 1. The zero-order valence-electron chi connectivity index (χ0n) is 11.5. The van der Waals surface area contributed by atoms with Crippen molar-refractivity contribution in [1.29, 1.82) is 0 Å². The number of hydrogen-bond acceptors (Lipinski definition) is 4. The van der Waals surface area contributed by atoms with E-state index in [1.807, 2.05) is 0 Å². The van der Waals surface area contributed by atoms with Crippen molar-refractivity contribution in [3.05, 3.63) is 33.9 Å². The van der Waals surface area contributed by atoms with Gasteiger partial charge in [0.2, 0.25) is 0 Å². The summed E-state index contributed by atoms with van der Waals surface area (Å²) >= 11 is 0. The minimum atomic E-state index is -0.556. The first kappa shape index (κ1) is 14.3. The summed E-state index contributed by atoms with van der Waals surface area (Å²) in [6.45, 7) is 2.22. The van der Waals surface area contributed by atoms with Crippen LogP contribution in [0.15, 0.2) is 18.2 Å². The van der Waals surface area contributed by atoms with Crippen LogP contribution in [0.3, 0.4) is 0 Å². The first-order valence-corrected chi connectivity index (χ1v) is 6.82. The fraction of sp³-hybridized carbons (Fsp3) is 0.500. The largest absolute Gasteiger partial charge is 0.393 e. The van der Waals surface area contributed by atoms with E-state index in [1.54, 1.807) is 0 Å². The highest BCUT2D eigenvalue weighted by atomic mass is 16.6. The molecule has 0 unspecified atom stereocenters. The maximum absolute atomic E-state index is 12.1. The molecule has 20 heavy (non-hydrogen) atoms. The van der Waals surface area contributed by atoms with Crippen LogP contribution in [0.25, 0.3) is 0 Å². The molecular formula is C14H19N3O3. The molecule has 1 fully saturated rings. The van der Waals surface area contributed by atoms with Gasteiger partial charge >= 0.3 is 0 Å². The lowest BCUT2D eigenvalue weighted by Crippen LogP contribution is -2.37. The van der Waals surface area contributed by atoms with Gasteiger partial charge in [-0.3, -0.25) is 14.9 Å². The standard InChI is InChI=1S/C14H19N3O3/c1-9-2-5-11(6-3-9)16-14(18)10-4-7-13(17(19)20)12(15)8-10/h4,7-9,11H,2-3,5-6,15H2,1H3,(H,16,18). The van der Waals surface area contributed by atoms with Gasteiger partial charge < -0.3 is 11.1 Å². The van der Waals surface area contributed by atoms with Crippen molar-refractivity contribution in [2.45, 2.75) is 38.6 Å². The van der Waals surface area contributed by atoms with Crippen LogP contribution < -0.4 is 11.1 Å². The van der Waals surface area contributed by atoms with Crippen molar-refractivity contribution in [3.8, 4) is 0 Å². The van der Waals surface area contributed by atoms with E-state index in [2.05, 4.69) is 12.2 Å². The Balaban J connectivity index is 2.02. The SMILES string of the molecule is CC1CCC(NC(=O)c2ccc([N+](=O)[O-])c(N)c2)CC1. The van der Waals surface area contributed by atoms with Crippen molar-refractivity contribution < 1.29 is 9.72 Å². The Kier molecular flexibility index (Phi) is 4.22. The topological polar surface area (TPSA) is 98.3 Å². The van der Waals surface area contributed by atoms with Gasteiger partial charge in [-0.05, 0) is 43.7 Å². The molecule has 1 amide bonds. The molecule has 1 aromatic carbocycles. The smallest absolute Gasteiger partial charge is 0.292 e. The van der Waals surface area contributed by atoms with Crippen molar-refractivity contribution >= 4 is 17.3 Å². The molecule has 1 saturated carbocycles. The number of benzene rings is 1. The Labute approximate surface area is 117 Å². The summed E-state index contributed by atoms with van der Waals surface area (Å²) in [5, 5.41) is 13.6. The van der Waals surface area contributed by atoms with Crippen LogP contribution in [0.5, 0.6) is 0 Å². The second-order valence-electron chi connectivity index (χ2n) is 5.46. The zero-order chi connectivity index (χ0) is 14.7. The van der Waals surface area contributed by atoms with Crippen molar-refractivity contribution in [1.82, 2.24) is 5.32 Å².